The van der Waals surface area contributed by atoms with E-state index in [-0.39, 0.29) is 24.3 Å². The summed E-state index contributed by atoms with van der Waals surface area (Å²) in [6, 6.07) is 11.1. The highest BCUT2D eigenvalue weighted by molar-refractivity contribution is 7.99. The van der Waals surface area contributed by atoms with Gasteiger partial charge in [-0.2, -0.15) is 5.48 Å². The van der Waals surface area contributed by atoms with Gasteiger partial charge in [0, 0.05) is 41.7 Å². The van der Waals surface area contributed by atoms with Gasteiger partial charge in [0.05, 0.1) is 25.8 Å². The molecule has 1 saturated heterocycles. The van der Waals surface area contributed by atoms with Crippen molar-refractivity contribution in [2.45, 2.75) is 36.6 Å². The Kier molecular flexibility index (Phi) is 10.5. The van der Waals surface area contributed by atoms with Crippen LogP contribution in [0.2, 0.25) is 0 Å². The maximum absolute atomic E-state index is 14.0. The minimum absolute atomic E-state index is 0.00429. The maximum Gasteiger partial charge on any atom is 0.303 e. The van der Waals surface area contributed by atoms with Gasteiger partial charge in [0.25, 0.3) is 0 Å². The number of aromatic nitrogens is 1. The largest absolute Gasteiger partial charge is 0.497 e. The highest BCUT2D eigenvalue weighted by atomic mass is 32.2. The van der Waals surface area contributed by atoms with Crippen LogP contribution in [-0.2, 0) is 9.63 Å². The van der Waals surface area contributed by atoms with E-state index in [0.29, 0.717) is 23.7 Å². The molecule has 39 heavy (non-hydrogen) atoms. The number of likely N-dealkylation sites (tertiary alicyclic amines) is 1. The molecule has 0 aliphatic carbocycles. The first-order valence-corrected chi connectivity index (χ1v) is 14.1. The van der Waals surface area contributed by atoms with E-state index in [1.807, 2.05) is 24.3 Å². The third-order valence-electron chi connectivity index (χ3n) is 7.41. The van der Waals surface area contributed by atoms with Crippen molar-refractivity contribution in [1.82, 2.24) is 15.4 Å². The average Bonchev–Trinajstić information content (AvgIpc) is 2.93. The zero-order chi connectivity index (χ0) is 27.8. The number of methoxy groups -OCH3 is 1. The van der Waals surface area contributed by atoms with Gasteiger partial charge in [-0.25, -0.2) is 8.78 Å². The fraction of sp³-hybridized carbons (Fsp3) is 0.448. The monoisotopic (exact) mass is 559 g/mol. The van der Waals surface area contributed by atoms with E-state index in [0.717, 1.165) is 60.2 Å². The minimum atomic E-state index is -0.804. The number of fused-ring (bicyclic) bond motifs is 1. The summed E-state index contributed by atoms with van der Waals surface area (Å²) in [5, 5.41) is 10.6. The zero-order valence-electron chi connectivity index (χ0n) is 22.2. The number of halogens is 2. The molecule has 0 amide bonds. The number of rotatable bonds is 13. The first-order valence-electron chi connectivity index (χ1n) is 13.1. The van der Waals surface area contributed by atoms with E-state index >= 15 is 0 Å². The van der Waals surface area contributed by atoms with Crippen molar-refractivity contribution in [2.75, 3.05) is 39.6 Å². The molecule has 0 radical (unpaired) electrons. The smallest absolute Gasteiger partial charge is 0.303 e. The summed E-state index contributed by atoms with van der Waals surface area (Å²) in [6.07, 6.45) is 4.36. The predicted octanol–water partition coefficient (Wildman–Crippen LogP) is 5.70. The van der Waals surface area contributed by atoms with Gasteiger partial charge in [-0.15, -0.1) is 11.8 Å². The van der Waals surface area contributed by atoms with E-state index in [4.69, 9.17) is 9.57 Å². The van der Waals surface area contributed by atoms with Gasteiger partial charge in [-0.05, 0) is 85.7 Å². The molecule has 3 aromatic rings. The first kappa shape index (κ1) is 29.2. The van der Waals surface area contributed by atoms with Gasteiger partial charge in [0.1, 0.15) is 17.4 Å². The highest BCUT2D eigenvalue weighted by Crippen LogP contribution is 2.35. The minimum Gasteiger partial charge on any atom is -0.497 e. The molecule has 2 N–H and O–H groups in total. The average molecular weight is 560 g/mol. The number of ether oxygens (including phenoxy) is 1. The lowest BCUT2D eigenvalue weighted by Crippen LogP contribution is -2.42. The number of nitrogens with one attached hydrogen (secondary N) is 1. The number of piperidine rings is 1. The van der Waals surface area contributed by atoms with E-state index in [1.165, 1.54) is 17.8 Å². The van der Waals surface area contributed by atoms with Crippen molar-refractivity contribution < 1.29 is 28.3 Å². The number of benzene rings is 2. The number of hydrogen-bond acceptors (Lipinski definition) is 7. The van der Waals surface area contributed by atoms with Gasteiger partial charge in [-0.3, -0.25) is 9.78 Å². The van der Waals surface area contributed by atoms with Crippen molar-refractivity contribution in [2.24, 2.45) is 11.8 Å². The third kappa shape index (κ3) is 7.88. The van der Waals surface area contributed by atoms with E-state index in [1.54, 1.807) is 20.4 Å². The molecule has 210 valence electrons. The zero-order valence-corrected chi connectivity index (χ0v) is 23.1. The summed E-state index contributed by atoms with van der Waals surface area (Å²) in [4.78, 5) is 24.1. The second-order valence-corrected chi connectivity index (χ2v) is 11.0. The van der Waals surface area contributed by atoms with Crippen LogP contribution in [0.4, 0.5) is 8.78 Å². The van der Waals surface area contributed by atoms with Crippen molar-refractivity contribution in [3.05, 3.63) is 65.9 Å². The van der Waals surface area contributed by atoms with Gasteiger partial charge in [-0.1, -0.05) is 0 Å². The molecular weight excluding hydrogens is 524 g/mol. The van der Waals surface area contributed by atoms with Gasteiger partial charge < -0.3 is 19.6 Å². The maximum atomic E-state index is 14.0. The van der Waals surface area contributed by atoms with Crippen LogP contribution >= 0.6 is 11.8 Å². The molecule has 10 heteroatoms. The van der Waals surface area contributed by atoms with Gasteiger partial charge in [0.2, 0.25) is 0 Å². The molecule has 7 nitrogen and oxygen atoms in total. The molecule has 2 heterocycles. The van der Waals surface area contributed by atoms with Crippen molar-refractivity contribution >= 4 is 28.6 Å². The highest BCUT2D eigenvalue weighted by Gasteiger charge is 2.31. The van der Waals surface area contributed by atoms with E-state index < -0.39 is 17.6 Å². The Morgan fingerprint density at radius 3 is 2.82 bits per heavy atom. The molecule has 0 saturated carbocycles. The Morgan fingerprint density at radius 2 is 2.05 bits per heavy atom. The van der Waals surface area contributed by atoms with Crippen LogP contribution in [0.15, 0.2) is 53.6 Å². The Balaban J connectivity index is 1.40. The molecule has 1 fully saturated rings. The van der Waals surface area contributed by atoms with E-state index in [2.05, 4.69) is 15.4 Å². The molecule has 0 bridgehead atoms. The fourth-order valence-corrected chi connectivity index (χ4v) is 6.42. The van der Waals surface area contributed by atoms with Crippen LogP contribution in [0.3, 0.4) is 0 Å². The normalized spacial score (nSPS) is 18.8. The summed E-state index contributed by atoms with van der Waals surface area (Å²) in [7, 11) is 3.23. The molecule has 0 spiro atoms. The second-order valence-electron chi connectivity index (χ2n) is 9.87. The number of aliphatic carboxylic acids is 1. The Hall–Kier alpha value is -2.79. The lowest BCUT2D eigenvalue weighted by molar-refractivity contribution is -0.139. The standard InChI is InChI=1S/C29H35F2N3O4S/c1-37-22-5-8-26-24(17-22)23(9-11-32-26)27(33-38-2)7-3-19-10-12-34(18-20(19)15-29(35)36)13-14-39-28-16-21(30)4-6-25(28)31/h4-6,8-9,11,16-17,19-20,27,33H,3,7,10,12-15,18H2,1-2H3,(H,35,36)/t19-,20+,27?/m1/s1. The molecule has 1 aliphatic heterocycles. The topological polar surface area (TPSA) is 83.9 Å². The van der Waals surface area contributed by atoms with Crippen LogP contribution in [0.5, 0.6) is 5.75 Å². The van der Waals surface area contributed by atoms with Crippen molar-refractivity contribution in [3.8, 4) is 5.75 Å². The molecular formula is C29H35F2N3O4S. The van der Waals surface area contributed by atoms with Crippen LogP contribution in [-0.4, -0.2) is 60.6 Å². The Labute approximate surface area is 231 Å². The third-order valence-corrected chi connectivity index (χ3v) is 8.43. The summed E-state index contributed by atoms with van der Waals surface area (Å²) in [5.74, 6) is -0.0885. The van der Waals surface area contributed by atoms with Gasteiger partial charge in [0.15, 0.2) is 0 Å². The lowest BCUT2D eigenvalue weighted by Gasteiger charge is -2.38. The number of pyridine rings is 1. The predicted molar refractivity (Wildman–Crippen MR) is 148 cm³/mol. The van der Waals surface area contributed by atoms with Crippen LogP contribution in [0, 0.1) is 23.5 Å². The number of hydrogen-bond donors (Lipinski definition) is 2. The van der Waals surface area contributed by atoms with Crippen molar-refractivity contribution in [1.29, 1.82) is 0 Å². The molecule has 4 rings (SSSR count). The molecule has 2 aromatic carbocycles. The summed E-state index contributed by atoms with van der Waals surface area (Å²) >= 11 is 1.28. The molecule has 1 aliphatic rings. The summed E-state index contributed by atoms with van der Waals surface area (Å²) in [5.41, 5.74) is 5.04. The van der Waals surface area contributed by atoms with Crippen LogP contribution in [0.1, 0.15) is 37.3 Å². The summed E-state index contributed by atoms with van der Waals surface area (Å²) < 4.78 is 32.8. The van der Waals surface area contributed by atoms with E-state index in [9.17, 15) is 18.7 Å². The number of carboxylic acids is 1. The second kappa shape index (κ2) is 14.0. The molecule has 1 unspecified atom stereocenters. The first-order chi connectivity index (χ1) is 18.9. The van der Waals surface area contributed by atoms with Gasteiger partial charge >= 0.3 is 5.97 Å². The molecule has 1 aromatic heterocycles. The summed E-state index contributed by atoms with van der Waals surface area (Å²) in [6.45, 7) is 2.19. The lowest BCUT2D eigenvalue weighted by atomic mass is 9.79. The Bertz CT molecular complexity index is 1260. The number of nitrogens with zero attached hydrogens (tertiary/aromatic N) is 2. The van der Waals surface area contributed by atoms with Crippen molar-refractivity contribution in [3.63, 3.8) is 0 Å². The fourth-order valence-electron chi connectivity index (χ4n) is 5.45. The van der Waals surface area contributed by atoms with Crippen LogP contribution < -0.4 is 10.2 Å². The quantitative estimate of drug-likeness (QED) is 0.204. The number of carbonyl (C=O) groups is 1. The number of thioether (sulfide) groups is 1. The van der Waals surface area contributed by atoms with Crippen LogP contribution in [0.25, 0.3) is 10.9 Å². The number of hydroxylamine groups is 1. The number of carboxylic acid groups (broad SMARTS) is 1. The Morgan fingerprint density at radius 1 is 1.21 bits per heavy atom. The SMILES string of the molecule is CONC(CC[C@@H]1CCN(CCSc2cc(F)ccc2F)C[C@@H]1CC(=O)O)c1ccnc2ccc(OC)cc12. The molecule has 3 atom stereocenters.